The number of carbonyl (C=O) groups is 1. The summed E-state index contributed by atoms with van der Waals surface area (Å²) in [7, 11) is 3.22. The van der Waals surface area contributed by atoms with E-state index in [9.17, 15) is 4.79 Å². The Morgan fingerprint density at radius 3 is 2.23 bits per heavy atom. The maximum absolute atomic E-state index is 12.0. The van der Waals surface area contributed by atoms with Crippen molar-refractivity contribution in [3.8, 4) is 11.5 Å². The first-order valence-corrected chi connectivity index (χ1v) is 6.91. The molecule has 1 aromatic heterocycles. The Bertz CT molecular complexity index is 619. The Morgan fingerprint density at radius 2 is 1.68 bits per heavy atom. The maximum Gasteiger partial charge on any atom is 0.254 e. The third-order valence-electron chi connectivity index (χ3n) is 3.15. The van der Waals surface area contributed by atoms with Gasteiger partial charge < -0.3 is 14.8 Å². The number of nitrogens with one attached hydrogen (secondary N) is 1. The Kier molecular flexibility index (Phi) is 5.30. The third-order valence-corrected chi connectivity index (χ3v) is 3.15. The van der Waals surface area contributed by atoms with Crippen LogP contribution >= 0.6 is 0 Å². The summed E-state index contributed by atoms with van der Waals surface area (Å²) in [5, 5.41) is 2.84. The zero-order valence-electron chi connectivity index (χ0n) is 12.9. The van der Waals surface area contributed by atoms with Crippen LogP contribution in [0.4, 0.5) is 0 Å². The van der Waals surface area contributed by atoms with Crippen LogP contribution in [0.15, 0.2) is 30.6 Å². The fraction of sp³-hybridized carbons (Fsp3) is 0.312. The molecule has 1 aromatic carbocycles. The van der Waals surface area contributed by atoms with Crippen LogP contribution in [0.2, 0.25) is 0 Å². The smallest absolute Gasteiger partial charge is 0.254 e. The van der Waals surface area contributed by atoms with Gasteiger partial charge in [-0.15, -0.1) is 0 Å². The first-order valence-electron chi connectivity index (χ1n) is 6.91. The molecule has 6 nitrogen and oxygen atoms in total. The Balaban J connectivity index is 1.93. The highest BCUT2D eigenvalue weighted by Crippen LogP contribution is 2.22. The second-order valence-electron chi connectivity index (χ2n) is 4.75. The van der Waals surface area contributed by atoms with Crippen LogP contribution in [-0.4, -0.2) is 36.6 Å². The number of nitrogens with zero attached hydrogens (tertiary/aromatic N) is 2. The van der Waals surface area contributed by atoms with Gasteiger partial charge in [0, 0.05) is 25.0 Å². The van der Waals surface area contributed by atoms with Crippen LogP contribution in [0.3, 0.4) is 0 Å². The summed E-state index contributed by atoms with van der Waals surface area (Å²) < 4.78 is 10.4. The molecule has 0 aliphatic rings. The van der Waals surface area contributed by atoms with Gasteiger partial charge in [-0.05, 0) is 31.0 Å². The molecule has 0 aliphatic heterocycles. The minimum atomic E-state index is -0.185. The van der Waals surface area contributed by atoms with Gasteiger partial charge in [0.15, 0.2) is 0 Å². The molecule has 1 heterocycles. The quantitative estimate of drug-likeness (QED) is 0.880. The Morgan fingerprint density at radius 1 is 1.09 bits per heavy atom. The second-order valence-corrected chi connectivity index (χ2v) is 4.75. The van der Waals surface area contributed by atoms with Gasteiger partial charge in [0.1, 0.15) is 17.3 Å². The second kappa shape index (κ2) is 7.40. The molecule has 0 bridgehead atoms. The zero-order chi connectivity index (χ0) is 15.9. The standard InChI is InChI=1S/C16H19N3O3/c1-11-18-9-13(10-19-11)16(20)17-5-4-12-6-14(21-2)8-15(7-12)22-3/h6-10H,4-5H2,1-3H3,(H,17,20). The summed E-state index contributed by atoms with van der Waals surface area (Å²) in [6, 6.07) is 5.65. The lowest BCUT2D eigenvalue weighted by molar-refractivity contribution is 0.0953. The normalized spacial score (nSPS) is 10.1. The van der Waals surface area contributed by atoms with Crippen molar-refractivity contribution in [2.24, 2.45) is 0 Å². The maximum atomic E-state index is 12.0. The fourth-order valence-electron chi connectivity index (χ4n) is 1.94. The van der Waals surface area contributed by atoms with Gasteiger partial charge in [-0.2, -0.15) is 0 Å². The zero-order valence-corrected chi connectivity index (χ0v) is 12.9. The van der Waals surface area contributed by atoms with E-state index in [-0.39, 0.29) is 5.91 Å². The molecule has 2 rings (SSSR count). The van der Waals surface area contributed by atoms with E-state index in [1.165, 1.54) is 12.4 Å². The van der Waals surface area contributed by atoms with Gasteiger partial charge >= 0.3 is 0 Å². The summed E-state index contributed by atoms with van der Waals surface area (Å²) in [4.78, 5) is 20.0. The monoisotopic (exact) mass is 301 g/mol. The molecule has 0 aliphatic carbocycles. The van der Waals surface area contributed by atoms with Crippen molar-refractivity contribution in [3.05, 3.63) is 47.5 Å². The van der Waals surface area contributed by atoms with Crippen molar-refractivity contribution in [1.29, 1.82) is 0 Å². The summed E-state index contributed by atoms with van der Waals surface area (Å²) in [6.07, 6.45) is 3.71. The van der Waals surface area contributed by atoms with Crippen molar-refractivity contribution in [2.45, 2.75) is 13.3 Å². The average Bonchev–Trinajstić information content (AvgIpc) is 2.55. The van der Waals surface area contributed by atoms with Gasteiger partial charge in [0.25, 0.3) is 5.91 Å². The van der Waals surface area contributed by atoms with E-state index in [1.807, 2.05) is 18.2 Å². The van der Waals surface area contributed by atoms with E-state index in [0.29, 0.717) is 24.4 Å². The van der Waals surface area contributed by atoms with Crippen LogP contribution in [0.5, 0.6) is 11.5 Å². The minimum absolute atomic E-state index is 0.185. The molecule has 1 amide bonds. The van der Waals surface area contributed by atoms with Crippen LogP contribution in [0.25, 0.3) is 0 Å². The number of rotatable bonds is 6. The molecule has 0 unspecified atom stereocenters. The van der Waals surface area contributed by atoms with E-state index in [4.69, 9.17) is 9.47 Å². The van der Waals surface area contributed by atoms with Crippen LogP contribution in [-0.2, 0) is 6.42 Å². The molecule has 22 heavy (non-hydrogen) atoms. The predicted octanol–water partition coefficient (Wildman–Crippen LogP) is 1.77. The number of carbonyl (C=O) groups excluding carboxylic acids is 1. The lowest BCUT2D eigenvalue weighted by Gasteiger charge is -2.09. The Hall–Kier alpha value is -2.63. The molecular formula is C16H19N3O3. The van der Waals surface area contributed by atoms with Crippen molar-refractivity contribution in [1.82, 2.24) is 15.3 Å². The predicted molar refractivity (Wildman–Crippen MR) is 82.4 cm³/mol. The SMILES string of the molecule is COc1cc(CCNC(=O)c2cnc(C)nc2)cc(OC)c1. The number of methoxy groups -OCH3 is 2. The first kappa shape index (κ1) is 15.8. The molecule has 0 saturated carbocycles. The lowest BCUT2D eigenvalue weighted by Crippen LogP contribution is -2.26. The minimum Gasteiger partial charge on any atom is -0.497 e. The van der Waals surface area contributed by atoms with Crippen molar-refractivity contribution < 1.29 is 14.3 Å². The highest BCUT2D eigenvalue weighted by atomic mass is 16.5. The first-order chi connectivity index (χ1) is 10.6. The van der Waals surface area contributed by atoms with E-state index in [1.54, 1.807) is 21.1 Å². The van der Waals surface area contributed by atoms with E-state index in [0.717, 1.165) is 17.1 Å². The van der Waals surface area contributed by atoms with Gasteiger partial charge in [0.2, 0.25) is 0 Å². The number of benzene rings is 1. The fourth-order valence-corrected chi connectivity index (χ4v) is 1.94. The Labute approximate surface area is 129 Å². The largest absolute Gasteiger partial charge is 0.497 e. The number of ether oxygens (including phenoxy) is 2. The summed E-state index contributed by atoms with van der Waals surface area (Å²) in [5.74, 6) is 1.91. The number of hydrogen-bond donors (Lipinski definition) is 1. The van der Waals surface area contributed by atoms with Crippen molar-refractivity contribution in [3.63, 3.8) is 0 Å². The molecule has 0 saturated heterocycles. The molecule has 0 fully saturated rings. The van der Waals surface area contributed by atoms with E-state index < -0.39 is 0 Å². The highest BCUT2D eigenvalue weighted by molar-refractivity contribution is 5.93. The molecule has 6 heteroatoms. The third kappa shape index (κ3) is 4.18. The van der Waals surface area contributed by atoms with E-state index >= 15 is 0 Å². The number of aryl methyl sites for hydroxylation is 1. The topological polar surface area (TPSA) is 73.3 Å². The highest BCUT2D eigenvalue weighted by Gasteiger charge is 2.07. The average molecular weight is 301 g/mol. The van der Waals surface area contributed by atoms with Crippen LogP contribution < -0.4 is 14.8 Å². The molecule has 1 N–H and O–H groups in total. The molecular weight excluding hydrogens is 282 g/mol. The van der Waals surface area contributed by atoms with Crippen molar-refractivity contribution >= 4 is 5.91 Å². The van der Waals surface area contributed by atoms with E-state index in [2.05, 4.69) is 15.3 Å². The van der Waals surface area contributed by atoms with Gasteiger partial charge in [-0.3, -0.25) is 4.79 Å². The lowest BCUT2D eigenvalue weighted by atomic mass is 10.1. The number of aromatic nitrogens is 2. The van der Waals surface area contributed by atoms with Crippen LogP contribution in [0.1, 0.15) is 21.7 Å². The molecule has 2 aromatic rings. The number of amides is 1. The summed E-state index contributed by atoms with van der Waals surface area (Å²) in [5.41, 5.74) is 1.48. The molecule has 0 atom stereocenters. The van der Waals surface area contributed by atoms with Gasteiger partial charge in [-0.1, -0.05) is 0 Å². The van der Waals surface area contributed by atoms with Gasteiger partial charge in [0.05, 0.1) is 19.8 Å². The molecule has 0 spiro atoms. The molecule has 116 valence electrons. The summed E-state index contributed by atoms with van der Waals surface area (Å²) in [6.45, 7) is 2.28. The molecule has 0 radical (unpaired) electrons. The van der Waals surface area contributed by atoms with Gasteiger partial charge in [-0.25, -0.2) is 9.97 Å². The van der Waals surface area contributed by atoms with Crippen LogP contribution in [0, 0.1) is 6.92 Å². The number of hydrogen-bond acceptors (Lipinski definition) is 5. The van der Waals surface area contributed by atoms with Crippen molar-refractivity contribution in [2.75, 3.05) is 20.8 Å². The summed E-state index contributed by atoms with van der Waals surface area (Å²) >= 11 is 0.